The van der Waals surface area contributed by atoms with E-state index in [9.17, 15) is 4.79 Å². The zero-order valence-electron chi connectivity index (χ0n) is 8.66. The first-order valence-electron chi connectivity index (χ1n) is 5.28. The SMILES string of the molecule is CCOC(=O)C1CC(CCO)CCN1. The van der Waals surface area contributed by atoms with Crippen molar-refractivity contribution in [1.82, 2.24) is 5.32 Å². The van der Waals surface area contributed by atoms with Crippen molar-refractivity contribution in [2.45, 2.75) is 32.2 Å². The summed E-state index contributed by atoms with van der Waals surface area (Å²) in [6, 6.07) is -0.166. The molecule has 1 saturated heterocycles. The number of carbonyl (C=O) groups excluding carboxylic acids is 1. The normalized spacial score (nSPS) is 27.3. The molecule has 0 aromatic carbocycles. The summed E-state index contributed by atoms with van der Waals surface area (Å²) in [6.45, 7) is 3.29. The topological polar surface area (TPSA) is 58.6 Å². The Hall–Kier alpha value is -0.610. The van der Waals surface area contributed by atoms with Crippen molar-refractivity contribution in [2.24, 2.45) is 5.92 Å². The van der Waals surface area contributed by atoms with Crippen molar-refractivity contribution in [2.75, 3.05) is 19.8 Å². The fraction of sp³-hybridized carbons (Fsp3) is 0.900. The van der Waals surface area contributed by atoms with Crippen LogP contribution in [0.4, 0.5) is 0 Å². The van der Waals surface area contributed by atoms with E-state index >= 15 is 0 Å². The Kier molecular flexibility index (Phi) is 4.90. The maximum Gasteiger partial charge on any atom is 0.323 e. The van der Waals surface area contributed by atoms with Gasteiger partial charge in [0.1, 0.15) is 6.04 Å². The number of hydrogen-bond acceptors (Lipinski definition) is 4. The van der Waals surface area contributed by atoms with Crippen molar-refractivity contribution in [3.05, 3.63) is 0 Å². The van der Waals surface area contributed by atoms with Gasteiger partial charge in [0.05, 0.1) is 6.61 Å². The maximum absolute atomic E-state index is 11.4. The van der Waals surface area contributed by atoms with Gasteiger partial charge in [0.15, 0.2) is 0 Å². The van der Waals surface area contributed by atoms with Gasteiger partial charge in [-0.2, -0.15) is 0 Å². The molecule has 14 heavy (non-hydrogen) atoms. The molecule has 1 aliphatic heterocycles. The van der Waals surface area contributed by atoms with Crippen LogP contribution in [0.5, 0.6) is 0 Å². The van der Waals surface area contributed by atoms with Crippen LogP contribution in [0, 0.1) is 5.92 Å². The first-order chi connectivity index (χ1) is 6.77. The number of hydrogen-bond donors (Lipinski definition) is 2. The van der Waals surface area contributed by atoms with Crippen LogP contribution in [-0.4, -0.2) is 36.9 Å². The van der Waals surface area contributed by atoms with Crippen LogP contribution in [0.3, 0.4) is 0 Å². The Morgan fingerprint density at radius 2 is 2.43 bits per heavy atom. The number of ether oxygens (including phenoxy) is 1. The number of carbonyl (C=O) groups is 1. The third kappa shape index (κ3) is 3.27. The van der Waals surface area contributed by atoms with E-state index in [1.165, 1.54) is 0 Å². The molecule has 0 aliphatic carbocycles. The smallest absolute Gasteiger partial charge is 0.323 e. The third-order valence-corrected chi connectivity index (χ3v) is 2.62. The second-order valence-corrected chi connectivity index (χ2v) is 3.66. The molecule has 4 nitrogen and oxygen atoms in total. The fourth-order valence-corrected chi connectivity index (χ4v) is 1.86. The molecule has 1 aliphatic rings. The van der Waals surface area contributed by atoms with Gasteiger partial charge in [-0.15, -0.1) is 0 Å². The minimum Gasteiger partial charge on any atom is -0.465 e. The summed E-state index contributed by atoms with van der Waals surface area (Å²) in [5, 5.41) is 11.9. The predicted octanol–water partition coefficient (Wildman–Crippen LogP) is 0.300. The first kappa shape index (κ1) is 11.5. The van der Waals surface area contributed by atoms with Gasteiger partial charge in [-0.1, -0.05) is 0 Å². The zero-order valence-corrected chi connectivity index (χ0v) is 8.66. The summed E-state index contributed by atoms with van der Waals surface area (Å²) >= 11 is 0. The first-order valence-corrected chi connectivity index (χ1v) is 5.28. The molecule has 0 aromatic heterocycles. The third-order valence-electron chi connectivity index (χ3n) is 2.62. The highest BCUT2D eigenvalue weighted by atomic mass is 16.5. The number of nitrogens with one attached hydrogen (secondary N) is 1. The van der Waals surface area contributed by atoms with Crippen LogP contribution in [0.25, 0.3) is 0 Å². The number of aliphatic hydroxyl groups is 1. The summed E-state index contributed by atoms with van der Waals surface area (Å²) < 4.78 is 4.94. The Morgan fingerprint density at radius 1 is 1.64 bits per heavy atom. The molecule has 0 bridgehead atoms. The van der Waals surface area contributed by atoms with E-state index < -0.39 is 0 Å². The van der Waals surface area contributed by atoms with Gasteiger partial charge in [-0.3, -0.25) is 4.79 Å². The lowest BCUT2D eigenvalue weighted by atomic mass is 9.90. The van der Waals surface area contributed by atoms with Crippen LogP contribution in [0.2, 0.25) is 0 Å². The van der Waals surface area contributed by atoms with E-state index in [1.807, 2.05) is 6.92 Å². The average molecular weight is 201 g/mol. The average Bonchev–Trinajstić information content (AvgIpc) is 2.19. The lowest BCUT2D eigenvalue weighted by Gasteiger charge is -2.28. The van der Waals surface area contributed by atoms with E-state index in [-0.39, 0.29) is 18.6 Å². The second kappa shape index (κ2) is 5.98. The quantitative estimate of drug-likeness (QED) is 0.642. The molecule has 0 amide bonds. The van der Waals surface area contributed by atoms with Gasteiger partial charge in [0, 0.05) is 6.61 Å². The van der Waals surface area contributed by atoms with Gasteiger partial charge in [-0.05, 0) is 38.6 Å². The molecule has 2 atom stereocenters. The van der Waals surface area contributed by atoms with Crippen molar-refractivity contribution < 1.29 is 14.6 Å². The van der Waals surface area contributed by atoms with Gasteiger partial charge in [0.2, 0.25) is 0 Å². The van der Waals surface area contributed by atoms with Crippen molar-refractivity contribution in [3.63, 3.8) is 0 Å². The summed E-state index contributed by atoms with van der Waals surface area (Å²) in [7, 11) is 0. The Morgan fingerprint density at radius 3 is 3.07 bits per heavy atom. The summed E-state index contributed by atoms with van der Waals surface area (Å²) in [5.74, 6) is 0.297. The molecule has 2 unspecified atom stereocenters. The van der Waals surface area contributed by atoms with Crippen molar-refractivity contribution >= 4 is 5.97 Å². The van der Waals surface area contributed by atoms with Gasteiger partial charge >= 0.3 is 5.97 Å². The summed E-state index contributed by atoms with van der Waals surface area (Å²) in [6.07, 6.45) is 2.62. The number of rotatable bonds is 4. The predicted molar refractivity (Wildman–Crippen MR) is 52.9 cm³/mol. The monoisotopic (exact) mass is 201 g/mol. The second-order valence-electron chi connectivity index (χ2n) is 3.66. The molecule has 4 heteroatoms. The molecule has 0 radical (unpaired) electrons. The molecule has 0 spiro atoms. The van der Waals surface area contributed by atoms with Gasteiger partial charge < -0.3 is 15.2 Å². The van der Waals surface area contributed by atoms with Crippen LogP contribution < -0.4 is 5.32 Å². The molecular weight excluding hydrogens is 182 g/mol. The standard InChI is InChI=1S/C10H19NO3/c1-2-14-10(13)9-7-8(4-6-12)3-5-11-9/h8-9,11-12H,2-7H2,1H3. The highest BCUT2D eigenvalue weighted by Gasteiger charge is 2.27. The largest absolute Gasteiger partial charge is 0.465 e. The van der Waals surface area contributed by atoms with Crippen molar-refractivity contribution in [1.29, 1.82) is 0 Å². The molecule has 0 aromatic rings. The number of esters is 1. The van der Waals surface area contributed by atoms with E-state index in [4.69, 9.17) is 9.84 Å². The lowest BCUT2D eigenvalue weighted by molar-refractivity contribution is -0.146. The van der Waals surface area contributed by atoms with Crippen molar-refractivity contribution in [3.8, 4) is 0 Å². The Labute approximate surface area is 84.6 Å². The minimum atomic E-state index is -0.166. The maximum atomic E-state index is 11.4. The number of piperidine rings is 1. The molecule has 0 saturated carbocycles. The van der Waals surface area contributed by atoms with Gasteiger partial charge in [-0.25, -0.2) is 0 Å². The highest BCUT2D eigenvalue weighted by molar-refractivity contribution is 5.75. The molecular formula is C10H19NO3. The van der Waals surface area contributed by atoms with Crippen LogP contribution >= 0.6 is 0 Å². The zero-order chi connectivity index (χ0) is 10.4. The lowest BCUT2D eigenvalue weighted by Crippen LogP contribution is -2.44. The van der Waals surface area contributed by atoms with E-state index in [1.54, 1.807) is 0 Å². The minimum absolute atomic E-state index is 0.157. The highest BCUT2D eigenvalue weighted by Crippen LogP contribution is 2.19. The van der Waals surface area contributed by atoms with Crippen LogP contribution in [0.15, 0.2) is 0 Å². The summed E-state index contributed by atoms with van der Waals surface area (Å²) in [5.41, 5.74) is 0. The Bertz CT molecular complexity index is 182. The fourth-order valence-electron chi connectivity index (χ4n) is 1.86. The van der Waals surface area contributed by atoms with Crippen LogP contribution in [0.1, 0.15) is 26.2 Å². The molecule has 82 valence electrons. The Balaban J connectivity index is 2.35. The molecule has 2 N–H and O–H groups in total. The molecule has 1 heterocycles. The molecule has 1 fully saturated rings. The summed E-state index contributed by atoms with van der Waals surface area (Å²) in [4.78, 5) is 11.4. The molecule has 1 rings (SSSR count). The van der Waals surface area contributed by atoms with Gasteiger partial charge in [0.25, 0.3) is 0 Å². The van der Waals surface area contributed by atoms with E-state index in [0.717, 1.165) is 25.8 Å². The number of aliphatic hydroxyl groups excluding tert-OH is 1. The van der Waals surface area contributed by atoms with E-state index in [2.05, 4.69) is 5.32 Å². The van der Waals surface area contributed by atoms with E-state index in [0.29, 0.717) is 12.5 Å². The van der Waals surface area contributed by atoms with Crippen LogP contribution in [-0.2, 0) is 9.53 Å².